The summed E-state index contributed by atoms with van der Waals surface area (Å²) in [5.74, 6) is -0.483. The van der Waals surface area contributed by atoms with E-state index in [1.807, 2.05) is 0 Å². The van der Waals surface area contributed by atoms with E-state index >= 15 is 0 Å². The van der Waals surface area contributed by atoms with Crippen LogP contribution in [0.25, 0.3) is 0 Å². The molecule has 1 aliphatic carbocycles. The Balaban J connectivity index is 2.12. The molecule has 1 aromatic rings. The third-order valence-electron chi connectivity index (χ3n) is 3.78. The van der Waals surface area contributed by atoms with Crippen molar-refractivity contribution in [3.05, 3.63) is 23.4 Å². The van der Waals surface area contributed by atoms with E-state index in [1.54, 1.807) is 6.07 Å². The molecule has 0 unspecified atom stereocenters. The molecule has 0 radical (unpaired) electrons. The molecule has 0 aliphatic heterocycles. The predicted molar refractivity (Wildman–Crippen MR) is 80.9 cm³/mol. The van der Waals surface area contributed by atoms with E-state index in [0.717, 1.165) is 25.7 Å². The van der Waals surface area contributed by atoms with Gasteiger partial charge in [-0.1, -0.05) is 30.9 Å². The van der Waals surface area contributed by atoms with Crippen LogP contribution in [-0.4, -0.2) is 30.6 Å². The van der Waals surface area contributed by atoms with Crippen LogP contribution in [0.15, 0.2) is 23.4 Å². The molecular formula is C14H19ClN2O3S. The molecule has 0 aromatic carbocycles. The third kappa shape index (κ3) is 3.74. The number of nitrogens with one attached hydrogen (secondary N) is 1. The van der Waals surface area contributed by atoms with Gasteiger partial charge in [0.2, 0.25) is 15.7 Å². The Hall–Kier alpha value is -1.14. The third-order valence-corrected chi connectivity index (χ3v) is 6.21. The fourth-order valence-electron chi connectivity index (χ4n) is 2.45. The first-order chi connectivity index (χ1) is 9.93. The number of rotatable bonds is 4. The molecule has 5 nitrogen and oxygen atoms in total. The van der Waals surface area contributed by atoms with Gasteiger partial charge in [-0.2, -0.15) is 0 Å². The first-order valence-electron chi connectivity index (χ1n) is 7.07. The van der Waals surface area contributed by atoms with E-state index in [1.165, 1.54) is 25.6 Å². The Morgan fingerprint density at radius 2 is 2.05 bits per heavy atom. The van der Waals surface area contributed by atoms with Gasteiger partial charge in [0.05, 0.1) is 5.02 Å². The molecule has 1 saturated carbocycles. The van der Waals surface area contributed by atoms with Crippen molar-refractivity contribution in [1.82, 2.24) is 10.3 Å². The van der Waals surface area contributed by atoms with E-state index in [9.17, 15) is 13.2 Å². The summed E-state index contributed by atoms with van der Waals surface area (Å²) in [5.41, 5.74) is 0. The van der Waals surface area contributed by atoms with Crippen LogP contribution in [0.3, 0.4) is 0 Å². The van der Waals surface area contributed by atoms with Crippen LogP contribution in [0.5, 0.6) is 0 Å². The first-order valence-corrected chi connectivity index (χ1v) is 9.00. The molecule has 21 heavy (non-hydrogen) atoms. The molecule has 1 heterocycles. The van der Waals surface area contributed by atoms with E-state index in [0.29, 0.717) is 0 Å². The van der Waals surface area contributed by atoms with Crippen molar-refractivity contribution in [2.75, 3.05) is 0 Å². The zero-order chi connectivity index (χ0) is 15.5. The second kappa shape index (κ2) is 6.75. The Morgan fingerprint density at radius 3 is 2.67 bits per heavy atom. The van der Waals surface area contributed by atoms with Crippen molar-refractivity contribution in [2.24, 2.45) is 0 Å². The average Bonchev–Trinajstić information content (AvgIpc) is 2.47. The first kappa shape index (κ1) is 16.2. The van der Waals surface area contributed by atoms with E-state index in [4.69, 9.17) is 11.6 Å². The molecule has 116 valence electrons. The fourth-order valence-corrected chi connectivity index (χ4v) is 4.13. The monoisotopic (exact) mass is 330 g/mol. The smallest absolute Gasteiger partial charge is 0.238 e. The number of halogens is 1. The SMILES string of the molecule is C[C@H](C(=O)NC1CCCCC1)S(=O)(=O)c1ncccc1Cl. The summed E-state index contributed by atoms with van der Waals surface area (Å²) in [4.78, 5) is 16.0. The highest BCUT2D eigenvalue weighted by Crippen LogP contribution is 2.23. The van der Waals surface area contributed by atoms with Crippen LogP contribution in [0.1, 0.15) is 39.0 Å². The van der Waals surface area contributed by atoms with Crippen LogP contribution in [0.4, 0.5) is 0 Å². The normalized spacial score (nSPS) is 18.2. The van der Waals surface area contributed by atoms with Gasteiger partial charge >= 0.3 is 0 Å². The maximum absolute atomic E-state index is 12.4. The molecule has 1 amide bonds. The van der Waals surface area contributed by atoms with Gasteiger partial charge in [-0.25, -0.2) is 13.4 Å². The molecule has 0 spiro atoms. The van der Waals surface area contributed by atoms with Crippen molar-refractivity contribution in [2.45, 2.75) is 55.3 Å². The van der Waals surface area contributed by atoms with Gasteiger partial charge in [0, 0.05) is 12.2 Å². The molecule has 1 fully saturated rings. The minimum atomic E-state index is -3.87. The highest BCUT2D eigenvalue weighted by atomic mass is 35.5. The van der Waals surface area contributed by atoms with E-state index in [2.05, 4.69) is 10.3 Å². The zero-order valence-electron chi connectivity index (χ0n) is 11.9. The topological polar surface area (TPSA) is 76.1 Å². The molecule has 2 rings (SSSR count). The molecule has 0 saturated heterocycles. The number of nitrogens with zero attached hydrogens (tertiary/aromatic N) is 1. The van der Waals surface area contributed by atoms with Gasteiger partial charge < -0.3 is 5.32 Å². The van der Waals surface area contributed by atoms with Crippen molar-refractivity contribution in [3.8, 4) is 0 Å². The lowest BCUT2D eigenvalue weighted by Gasteiger charge is -2.24. The Bertz CT molecular complexity index is 612. The van der Waals surface area contributed by atoms with Crippen LogP contribution in [0, 0.1) is 0 Å². The van der Waals surface area contributed by atoms with Crippen molar-refractivity contribution >= 4 is 27.3 Å². The minimum absolute atomic E-state index is 0.0369. The van der Waals surface area contributed by atoms with Gasteiger partial charge in [-0.15, -0.1) is 0 Å². The summed E-state index contributed by atoms with van der Waals surface area (Å²) in [6.45, 7) is 1.37. The molecule has 1 aliphatic rings. The quantitative estimate of drug-likeness (QED) is 0.919. The highest BCUT2D eigenvalue weighted by Gasteiger charge is 2.33. The van der Waals surface area contributed by atoms with Gasteiger partial charge in [0.1, 0.15) is 5.25 Å². The maximum Gasteiger partial charge on any atom is 0.238 e. The van der Waals surface area contributed by atoms with Gasteiger partial charge in [-0.05, 0) is 31.9 Å². The summed E-state index contributed by atoms with van der Waals surface area (Å²) in [6.07, 6.45) is 6.47. The Labute approximate surface area is 130 Å². The summed E-state index contributed by atoms with van der Waals surface area (Å²) >= 11 is 5.88. The van der Waals surface area contributed by atoms with E-state index in [-0.39, 0.29) is 16.1 Å². The Kier molecular flexibility index (Phi) is 5.22. The highest BCUT2D eigenvalue weighted by molar-refractivity contribution is 7.92. The largest absolute Gasteiger partial charge is 0.352 e. The molecule has 1 atom stereocenters. The number of aromatic nitrogens is 1. The maximum atomic E-state index is 12.4. The lowest BCUT2D eigenvalue weighted by Crippen LogP contribution is -2.44. The predicted octanol–water partition coefficient (Wildman–Crippen LogP) is 2.35. The number of carbonyl (C=O) groups is 1. The molecule has 0 bridgehead atoms. The number of pyridine rings is 1. The molecule has 1 N–H and O–H groups in total. The second-order valence-electron chi connectivity index (χ2n) is 5.32. The number of sulfone groups is 1. The number of hydrogen-bond donors (Lipinski definition) is 1. The lowest BCUT2D eigenvalue weighted by atomic mass is 9.95. The average molecular weight is 331 g/mol. The lowest BCUT2D eigenvalue weighted by molar-refractivity contribution is -0.121. The molecule has 1 aromatic heterocycles. The number of hydrogen-bond acceptors (Lipinski definition) is 4. The van der Waals surface area contributed by atoms with Crippen molar-refractivity contribution in [3.63, 3.8) is 0 Å². The summed E-state index contributed by atoms with van der Waals surface area (Å²) < 4.78 is 24.9. The minimum Gasteiger partial charge on any atom is -0.352 e. The van der Waals surface area contributed by atoms with Crippen molar-refractivity contribution < 1.29 is 13.2 Å². The summed E-state index contributed by atoms with van der Waals surface area (Å²) in [7, 11) is -3.87. The van der Waals surface area contributed by atoms with Crippen LogP contribution >= 0.6 is 11.6 Å². The number of carbonyl (C=O) groups excluding carboxylic acids is 1. The van der Waals surface area contributed by atoms with Gasteiger partial charge in [0.25, 0.3) is 0 Å². The summed E-state index contributed by atoms with van der Waals surface area (Å²) in [5, 5.41) is 1.42. The van der Waals surface area contributed by atoms with Crippen LogP contribution in [0.2, 0.25) is 5.02 Å². The van der Waals surface area contributed by atoms with Gasteiger partial charge in [0.15, 0.2) is 5.03 Å². The zero-order valence-corrected chi connectivity index (χ0v) is 13.5. The fraction of sp³-hybridized carbons (Fsp3) is 0.571. The van der Waals surface area contributed by atoms with E-state index < -0.39 is 21.0 Å². The van der Waals surface area contributed by atoms with Crippen molar-refractivity contribution in [1.29, 1.82) is 0 Å². The summed E-state index contributed by atoms with van der Waals surface area (Å²) in [6, 6.07) is 3.07. The molecular weight excluding hydrogens is 312 g/mol. The van der Waals surface area contributed by atoms with Crippen LogP contribution in [-0.2, 0) is 14.6 Å². The molecule has 7 heteroatoms. The standard InChI is InChI=1S/C14H19ClN2O3S/c1-10(13(18)17-11-6-3-2-4-7-11)21(19,20)14-12(15)8-5-9-16-14/h5,8-11H,2-4,6-7H2,1H3,(H,17,18)/t10-/m1/s1. The Morgan fingerprint density at radius 1 is 1.38 bits per heavy atom. The van der Waals surface area contributed by atoms with Crippen LogP contribution < -0.4 is 5.32 Å². The number of amides is 1. The van der Waals surface area contributed by atoms with Gasteiger partial charge in [-0.3, -0.25) is 4.79 Å². The second-order valence-corrected chi connectivity index (χ2v) is 7.91.